The van der Waals surface area contributed by atoms with E-state index in [0.717, 1.165) is 0 Å². The van der Waals surface area contributed by atoms with Crippen LogP contribution in [0.4, 0.5) is 0 Å². The van der Waals surface area contributed by atoms with Crippen LogP contribution in [0.2, 0.25) is 0 Å². The Morgan fingerprint density at radius 2 is 2.29 bits per heavy atom. The number of primary amides is 1. The third kappa shape index (κ3) is 2.06. The third-order valence-electron chi connectivity index (χ3n) is 2.44. The van der Waals surface area contributed by atoms with E-state index >= 15 is 0 Å². The monoisotopic (exact) mass is 234 g/mol. The van der Waals surface area contributed by atoms with Crippen molar-refractivity contribution >= 4 is 11.6 Å². The van der Waals surface area contributed by atoms with Gasteiger partial charge in [-0.2, -0.15) is 5.10 Å². The van der Waals surface area contributed by atoms with Gasteiger partial charge < -0.3 is 10.7 Å². The van der Waals surface area contributed by atoms with Crippen molar-refractivity contribution < 1.29 is 4.79 Å². The molecule has 0 fully saturated rings. The van der Waals surface area contributed by atoms with Crippen LogP contribution in [0.15, 0.2) is 17.1 Å². The maximum Gasteiger partial charge on any atom is 0.254 e. The van der Waals surface area contributed by atoms with Crippen LogP contribution >= 0.6 is 0 Å². The molecule has 0 saturated carbocycles. The molecule has 17 heavy (non-hydrogen) atoms. The van der Waals surface area contributed by atoms with Crippen molar-refractivity contribution in [1.82, 2.24) is 14.6 Å². The van der Waals surface area contributed by atoms with Gasteiger partial charge in [-0.15, -0.1) is 0 Å². The van der Waals surface area contributed by atoms with E-state index in [1.807, 2.05) is 13.8 Å². The minimum absolute atomic E-state index is 0.281. The summed E-state index contributed by atoms with van der Waals surface area (Å²) in [5.41, 5.74) is 6.34. The highest BCUT2D eigenvalue weighted by Gasteiger charge is 2.18. The lowest BCUT2D eigenvalue weighted by molar-refractivity contribution is 0.100. The molecule has 0 bridgehead atoms. The Labute approximate surface area is 97.4 Å². The second-order valence-electron chi connectivity index (χ2n) is 4.38. The van der Waals surface area contributed by atoms with Gasteiger partial charge in [0.2, 0.25) is 0 Å². The highest BCUT2D eigenvalue weighted by molar-refractivity contribution is 5.99. The molecule has 0 atom stereocenters. The fraction of sp³-hybridized carbons (Fsp3) is 0.364. The number of fused-ring (bicyclic) bond motifs is 1. The predicted octanol–water partition coefficient (Wildman–Crippen LogP) is 0.320. The van der Waals surface area contributed by atoms with Gasteiger partial charge in [-0.25, -0.2) is 4.52 Å². The lowest BCUT2D eigenvalue weighted by Crippen LogP contribution is -2.15. The van der Waals surface area contributed by atoms with E-state index in [1.165, 1.54) is 16.8 Å². The molecule has 0 aliphatic heterocycles. The molecule has 0 radical (unpaired) electrons. The van der Waals surface area contributed by atoms with Gasteiger partial charge in [0.05, 0.1) is 5.69 Å². The molecule has 0 saturated heterocycles. The average molecular weight is 234 g/mol. The van der Waals surface area contributed by atoms with E-state index in [0.29, 0.717) is 29.2 Å². The minimum atomic E-state index is -0.572. The van der Waals surface area contributed by atoms with E-state index in [4.69, 9.17) is 5.73 Å². The normalized spacial score (nSPS) is 11.2. The van der Waals surface area contributed by atoms with E-state index in [9.17, 15) is 9.59 Å². The number of aromatic nitrogens is 3. The number of aromatic amines is 1. The quantitative estimate of drug-likeness (QED) is 0.800. The number of carbonyl (C=O) groups is 1. The molecule has 0 unspecified atom stereocenters. The maximum atomic E-state index is 11.4. The predicted molar refractivity (Wildman–Crippen MR) is 62.9 cm³/mol. The number of nitrogens with one attached hydrogen (secondary N) is 1. The zero-order chi connectivity index (χ0) is 12.6. The topological polar surface area (TPSA) is 93.2 Å². The van der Waals surface area contributed by atoms with E-state index in [2.05, 4.69) is 10.1 Å². The van der Waals surface area contributed by atoms with Crippen LogP contribution in [0.5, 0.6) is 0 Å². The number of hydrogen-bond acceptors (Lipinski definition) is 3. The van der Waals surface area contributed by atoms with Gasteiger partial charge in [-0.1, -0.05) is 13.8 Å². The molecular weight excluding hydrogens is 220 g/mol. The van der Waals surface area contributed by atoms with Crippen LogP contribution < -0.4 is 11.3 Å². The number of amides is 1. The van der Waals surface area contributed by atoms with E-state index < -0.39 is 5.91 Å². The highest BCUT2D eigenvalue weighted by Crippen LogP contribution is 2.15. The molecule has 2 rings (SSSR count). The summed E-state index contributed by atoms with van der Waals surface area (Å²) in [6.45, 7) is 4.05. The van der Waals surface area contributed by atoms with Gasteiger partial charge in [0.25, 0.3) is 11.5 Å². The smallest absolute Gasteiger partial charge is 0.254 e. The number of nitrogens with zero attached hydrogens (tertiary/aromatic N) is 2. The van der Waals surface area contributed by atoms with Gasteiger partial charge in [-0.3, -0.25) is 9.59 Å². The van der Waals surface area contributed by atoms with E-state index in [-0.39, 0.29) is 5.56 Å². The van der Waals surface area contributed by atoms with Gasteiger partial charge in [0, 0.05) is 12.3 Å². The number of carbonyl (C=O) groups excluding carboxylic acids is 1. The summed E-state index contributed by atoms with van der Waals surface area (Å²) < 4.78 is 1.47. The van der Waals surface area contributed by atoms with Crippen molar-refractivity contribution in [3.63, 3.8) is 0 Å². The van der Waals surface area contributed by atoms with Crippen molar-refractivity contribution in [2.24, 2.45) is 11.7 Å². The fourth-order valence-corrected chi connectivity index (χ4v) is 1.79. The molecule has 6 nitrogen and oxygen atoms in total. The number of hydrogen-bond donors (Lipinski definition) is 2. The number of H-pyrrole nitrogens is 1. The summed E-state index contributed by atoms with van der Waals surface area (Å²) in [6, 6.07) is 1.35. The number of rotatable bonds is 3. The second kappa shape index (κ2) is 4.04. The summed E-state index contributed by atoms with van der Waals surface area (Å²) in [5, 5.41) is 4.26. The third-order valence-corrected chi connectivity index (χ3v) is 2.44. The molecule has 0 aromatic carbocycles. The highest BCUT2D eigenvalue weighted by atomic mass is 16.1. The Kier molecular flexibility index (Phi) is 2.71. The number of nitrogens with two attached hydrogens (primary N) is 1. The van der Waals surface area contributed by atoms with Gasteiger partial charge in [0.1, 0.15) is 11.2 Å². The summed E-state index contributed by atoms with van der Waals surface area (Å²) in [6.07, 6.45) is 2.16. The SMILES string of the molecule is CC(C)Cc1nn2ccc(=O)[nH]c2c1C(N)=O. The Balaban J connectivity index is 2.71. The first-order valence-corrected chi connectivity index (χ1v) is 5.39. The Morgan fingerprint density at radius 3 is 2.88 bits per heavy atom. The van der Waals surface area contributed by atoms with Crippen LogP contribution in [0.25, 0.3) is 5.65 Å². The van der Waals surface area contributed by atoms with Crippen LogP contribution in [-0.2, 0) is 6.42 Å². The first-order valence-electron chi connectivity index (χ1n) is 5.39. The summed E-state index contributed by atoms with van der Waals surface area (Å²) in [4.78, 5) is 25.3. The molecule has 3 N–H and O–H groups in total. The second-order valence-corrected chi connectivity index (χ2v) is 4.38. The summed E-state index contributed by atoms with van der Waals surface area (Å²) >= 11 is 0. The Morgan fingerprint density at radius 1 is 1.59 bits per heavy atom. The molecule has 2 aromatic rings. The molecule has 6 heteroatoms. The molecule has 0 aliphatic carbocycles. The van der Waals surface area contributed by atoms with Crippen molar-refractivity contribution in [1.29, 1.82) is 0 Å². The zero-order valence-electron chi connectivity index (χ0n) is 9.73. The van der Waals surface area contributed by atoms with Crippen LogP contribution in [0, 0.1) is 5.92 Å². The molecule has 0 spiro atoms. The maximum absolute atomic E-state index is 11.4. The van der Waals surface area contributed by atoms with Crippen LogP contribution in [-0.4, -0.2) is 20.5 Å². The van der Waals surface area contributed by atoms with Crippen molar-refractivity contribution in [3.8, 4) is 0 Å². The standard InChI is InChI=1S/C11H14N4O2/c1-6(2)5-7-9(10(12)17)11-13-8(16)3-4-15(11)14-7/h3-4,6H,5H2,1-2H3,(H2,12,17)(H,13,16). The van der Waals surface area contributed by atoms with E-state index in [1.54, 1.807) is 0 Å². The van der Waals surface area contributed by atoms with Crippen LogP contribution in [0.3, 0.4) is 0 Å². The van der Waals surface area contributed by atoms with Crippen LogP contribution in [0.1, 0.15) is 29.9 Å². The lowest BCUT2D eigenvalue weighted by atomic mass is 10.0. The molecule has 0 aliphatic rings. The van der Waals surface area contributed by atoms with Gasteiger partial charge in [0.15, 0.2) is 0 Å². The Hall–Kier alpha value is -2.11. The Bertz CT molecular complexity index is 624. The molecular formula is C11H14N4O2. The molecule has 1 amide bonds. The first kappa shape index (κ1) is 11.4. The van der Waals surface area contributed by atoms with Gasteiger partial charge >= 0.3 is 0 Å². The van der Waals surface area contributed by atoms with Crippen molar-refractivity contribution in [2.45, 2.75) is 20.3 Å². The van der Waals surface area contributed by atoms with Crippen molar-refractivity contribution in [2.75, 3.05) is 0 Å². The van der Waals surface area contributed by atoms with Gasteiger partial charge in [-0.05, 0) is 12.3 Å². The van der Waals surface area contributed by atoms with Crippen molar-refractivity contribution in [3.05, 3.63) is 33.9 Å². The molecule has 90 valence electrons. The summed E-state index contributed by atoms with van der Waals surface area (Å²) in [5.74, 6) is -0.220. The first-order chi connectivity index (χ1) is 7.99. The zero-order valence-corrected chi connectivity index (χ0v) is 9.73. The average Bonchev–Trinajstić information content (AvgIpc) is 2.53. The molecule has 2 aromatic heterocycles. The molecule has 2 heterocycles. The minimum Gasteiger partial charge on any atom is -0.365 e. The largest absolute Gasteiger partial charge is 0.365 e. The lowest BCUT2D eigenvalue weighted by Gasteiger charge is -2.01. The summed E-state index contributed by atoms with van der Waals surface area (Å²) in [7, 11) is 0. The fourth-order valence-electron chi connectivity index (χ4n) is 1.79.